The number of rotatable bonds is 6. The summed E-state index contributed by atoms with van der Waals surface area (Å²) in [6.45, 7) is 1.46. The maximum atomic E-state index is 12.3. The Morgan fingerprint density at radius 2 is 2.08 bits per heavy atom. The van der Waals surface area contributed by atoms with Gasteiger partial charge in [0.2, 0.25) is 10.0 Å². The molecule has 0 bridgehead atoms. The Balaban J connectivity index is 1.68. The third kappa shape index (κ3) is 4.23. The van der Waals surface area contributed by atoms with E-state index in [4.69, 9.17) is 4.52 Å². The van der Waals surface area contributed by atoms with E-state index in [0.717, 1.165) is 19.4 Å². The average molecular weight is 349 g/mol. The minimum absolute atomic E-state index is 0.151. The van der Waals surface area contributed by atoms with Crippen molar-refractivity contribution in [3.63, 3.8) is 0 Å². The molecule has 7 heteroatoms. The minimum Gasteiger partial charge on any atom is -0.364 e. The number of sulfonamides is 1. The van der Waals surface area contributed by atoms with Crippen molar-refractivity contribution in [3.8, 4) is 0 Å². The van der Waals surface area contributed by atoms with E-state index in [1.165, 1.54) is 11.8 Å². The summed E-state index contributed by atoms with van der Waals surface area (Å²) in [5.41, 5.74) is 1.66. The van der Waals surface area contributed by atoms with Gasteiger partial charge in [-0.25, -0.2) is 13.1 Å². The summed E-state index contributed by atoms with van der Waals surface area (Å²) >= 11 is 0. The molecule has 2 aromatic rings. The molecule has 1 N–H and O–H groups in total. The minimum atomic E-state index is -3.42. The first kappa shape index (κ1) is 17.1. The molecule has 24 heavy (non-hydrogen) atoms. The summed E-state index contributed by atoms with van der Waals surface area (Å²) in [4.78, 5) is 2.31. The molecule has 1 aliphatic heterocycles. The van der Waals surface area contributed by atoms with Gasteiger partial charge in [0.25, 0.3) is 0 Å². The van der Waals surface area contributed by atoms with Crippen LogP contribution in [0.4, 0.5) is 0 Å². The lowest BCUT2D eigenvalue weighted by Gasteiger charge is -2.39. The van der Waals surface area contributed by atoms with Gasteiger partial charge in [-0.05, 0) is 37.9 Å². The van der Waals surface area contributed by atoms with Gasteiger partial charge in [0.05, 0.1) is 5.69 Å². The molecule has 2 heterocycles. The van der Waals surface area contributed by atoms with E-state index in [1.807, 2.05) is 18.2 Å². The summed E-state index contributed by atoms with van der Waals surface area (Å²) in [5, 5.41) is 3.67. The number of hydrogen-bond acceptors (Lipinski definition) is 5. The fourth-order valence-corrected chi connectivity index (χ4v) is 4.55. The van der Waals surface area contributed by atoms with Gasteiger partial charge >= 0.3 is 0 Å². The standard InChI is InChI=1S/C17H23N3O3S/c1-20-10-5-8-15(17(20)14-6-3-2-4-7-14)12-18-24(21,22)13-16-9-11-23-19-16/h2-4,6-7,9,11,15,17-18H,5,8,10,12-13H2,1H3/t15-,17-/m1/s1. The number of hydrogen-bond donors (Lipinski definition) is 1. The van der Waals surface area contributed by atoms with Crippen molar-refractivity contribution in [2.24, 2.45) is 5.92 Å². The van der Waals surface area contributed by atoms with Gasteiger partial charge in [-0.1, -0.05) is 35.5 Å². The molecular formula is C17H23N3O3S. The van der Waals surface area contributed by atoms with Crippen LogP contribution in [0.5, 0.6) is 0 Å². The second-order valence-corrected chi connectivity index (χ2v) is 8.14. The first-order valence-corrected chi connectivity index (χ1v) is 9.82. The summed E-state index contributed by atoms with van der Waals surface area (Å²) in [7, 11) is -1.31. The normalized spacial score (nSPS) is 22.5. The molecule has 2 atom stereocenters. The summed E-state index contributed by atoms with van der Waals surface area (Å²) in [6.07, 6.45) is 3.47. The maximum absolute atomic E-state index is 12.3. The van der Waals surface area contributed by atoms with Crippen molar-refractivity contribution in [1.29, 1.82) is 0 Å². The van der Waals surface area contributed by atoms with Crippen molar-refractivity contribution in [1.82, 2.24) is 14.8 Å². The van der Waals surface area contributed by atoms with Gasteiger partial charge in [-0.2, -0.15) is 0 Å². The second-order valence-electron chi connectivity index (χ2n) is 6.34. The quantitative estimate of drug-likeness (QED) is 0.865. The number of nitrogens with one attached hydrogen (secondary N) is 1. The molecule has 1 aromatic heterocycles. The molecule has 0 saturated carbocycles. The van der Waals surface area contributed by atoms with Crippen LogP contribution in [0.25, 0.3) is 0 Å². The lowest BCUT2D eigenvalue weighted by molar-refractivity contribution is 0.123. The van der Waals surface area contributed by atoms with Gasteiger partial charge in [-0.15, -0.1) is 0 Å². The van der Waals surface area contributed by atoms with Gasteiger partial charge in [-0.3, -0.25) is 4.90 Å². The van der Waals surface area contributed by atoms with Crippen LogP contribution in [0, 0.1) is 5.92 Å². The SMILES string of the molecule is CN1CCC[C@H](CNS(=O)(=O)Cc2ccon2)[C@H]1c1ccccc1. The van der Waals surface area contributed by atoms with Crippen LogP contribution in [0.3, 0.4) is 0 Å². The summed E-state index contributed by atoms with van der Waals surface area (Å²) < 4.78 is 32.0. The predicted molar refractivity (Wildman–Crippen MR) is 91.7 cm³/mol. The molecule has 130 valence electrons. The molecule has 1 aliphatic rings. The molecule has 0 aliphatic carbocycles. The molecule has 0 spiro atoms. The molecular weight excluding hydrogens is 326 g/mol. The maximum Gasteiger partial charge on any atom is 0.217 e. The van der Waals surface area contributed by atoms with Crippen LogP contribution >= 0.6 is 0 Å². The Kier molecular flexibility index (Phi) is 5.33. The number of aromatic nitrogens is 1. The van der Waals surface area contributed by atoms with Crippen LogP contribution in [0.15, 0.2) is 47.2 Å². The van der Waals surface area contributed by atoms with Crippen molar-refractivity contribution < 1.29 is 12.9 Å². The fraction of sp³-hybridized carbons (Fsp3) is 0.471. The average Bonchev–Trinajstić information content (AvgIpc) is 3.06. The van der Waals surface area contributed by atoms with E-state index in [9.17, 15) is 8.42 Å². The molecule has 0 amide bonds. The molecule has 0 radical (unpaired) electrons. The topological polar surface area (TPSA) is 75.4 Å². The number of nitrogens with zero attached hydrogens (tertiary/aromatic N) is 2. The van der Waals surface area contributed by atoms with Gasteiger partial charge in [0, 0.05) is 18.7 Å². The predicted octanol–water partition coefficient (Wildman–Crippen LogP) is 2.18. The Hall–Kier alpha value is -1.70. The third-order valence-electron chi connectivity index (χ3n) is 4.54. The van der Waals surface area contributed by atoms with E-state index < -0.39 is 10.0 Å². The largest absolute Gasteiger partial charge is 0.364 e. The zero-order valence-electron chi connectivity index (χ0n) is 13.8. The number of likely N-dealkylation sites (tertiary alicyclic amines) is 1. The van der Waals surface area contributed by atoms with E-state index >= 15 is 0 Å². The molecule has 1 aromatic carbocycles. The van der Waals surface area contributed by atoms with Crippen molar-refractivity contribution in [2.45, 2.75) is 24.6 Å². The highest BCUT2D eigenvalue weighted by Crippen LogP contribution is 2.34. The van der Waals surface area contributed by atoms with Crippen molar-refractivity contribution in [3.05, 3.63) is 53.9 Å². The van der Waals surface area contributed by atoms with Crippen LogP contribution in [-0.4, -0.2) is 38.6 Å². The van der Waals surface area contributed by atoms with Gasteiger partial charge < -0.3 is 4.52 Å². The fourth-order valence-electron chi connectivity index (χ4n) is 3.44. The number of piperidine rings is 1. The second kappa shape index (κ2) is 7.46. The zero-order valence-corrected chi connectivity index (χ0v) is 14.6. The summed E-state index contributed by atoms with van der Waals surface area (Å²) in [6, 6.07) is 12.1. The smallest absolute Gasteiger partial charge is 0.217 e. The highest BCUT2D eigenvalue weighted by atomic mass is 32.2. The first-order valence-electron chi connectivity index (χ1n) is 8.17. The van der Waals surface area contributed by atoms with E-state index in [-0.39, 0.29) is 17.7 Å². The Labute approximate surface area is 142 Å². The molecule has 1 saturated heterocycles. The number of benzene rings is 1. The summed E-state index contributed by atoms with van der Waals surface area (Å²) in [5.74, 6) is 0.0976. The Bertz CT molecular complexity index is 732. The van der Waals surface area contributed by atoms with Crippen LogP contribution in [-0.2, 0) is 15.8 Å². The van der Waals surface area contributed by atoms with Crippen molar-refractivity contribution in [2.75, 3.05) is 20.1 Å². The van der Waals surface area contributed by atoms with Crippen LogP contribution in [0.1, 0.15) is 30.1 Å². The lowest BCUT2D eigenvalue weighted by atomic mass is 9.85. The van der Waals surface area contributed by atoms with E-state index in [1.54, 1.807) is 6.07 Å². The van der Waals surface area contributed by atoms with Crippen LogP contribution in [0.2, 0.25) is 0 Å². The first-order chi connectivity index (χ1) is 11.6. The molecule has 3 rings (SSSR count). The highest BCUT2D eigenvalue weighted by molar-refractivity contribution is 7.88. The molecule has 1 fully saturated rings. The Morgan fingerprint density at radius 3 is 2.79 bits per heavy atom. The van der Waals surface area contributed by atoms with E-state index in [2.05, 4.69) is 34.0 Å². The lowest BCUT2D eigenvalue weighted by Crippen LogP contribution is -2.42. The molecule has 0 unspecified atom stereocenters. The van der Waals surface area contributed by atoms with Gasteiger partial charge in [0.1, 0.15) is 12.0 Å². The van der Waals surface area contributed by atoms with Crippen LogP contribution < -0.4 is 4.72 Å². The van der Waals surface area contributed by atoms with E-state index in [0.29, 0.717) is 12.2 Å². The van der Waals surface area contributed by atoms with Gasteiger partial charge in [0.15, 0.2) is 0 Å². The molecule has 6 nitrogen and oxygen atoms in total. The third-order valence-corrected chi connectivity index (χ3v) is 5.83. The Morgan fingerprint density at radius 1 is 1.29 bits per heavy atom. The zero-order chi connectivity index (χ0) is 17.0. The van der Waals surface area contributed by atoms with Crippen molar-refractivity contribution >= 4 is 10.0 Å². The highest BCUT2D eigenvalue weighted by Gasteiger charge is 2.31. The monoisotopic (exact) mass is 349 g/mol.